The molecule has 16 heavy (non-hydrogen) atoms. The van der Waals surface area contributed by atoms with Crippen LogP contribution in [0.5, 0.6) is 0 Å². The number of pyridine rings is 1. The van der Waals surface area contributed by atoms with E-state index in [4.69, 9.17) is 0 Å². The molecule has 1 unspecified atom stereocenters. The first-order chi connectivity index (χ1) is 7.77. The molecule has 0 aliphatic rings. The van der Waals surface area contributed by atoms with Gasteiger partial charge in [-0.3, -0.25) is 4.98 Å². The molecule has 0 fully saturated rings. The van der Waals surface area contributed by atoms with E-state index in [1.54, 1.807) is 18.6 Å². The number of aliphatic hydroxyl groups is 1. The van der Waals surface area contributed by atoms with E-state index >= 15 is 0 Å². The van der Waals surface area contributed by atoms with Gasteiger partial charge >= 0.3 is 0 Å². The van der Waals surface area contributed by atoms with Crippen molar-refractivity contribution in [2.45, 2.75) is 18.9 Å². The van der Waals surface area contributed by atoms with Crippen molar-refractivity contribution in [2.24, 2.45) is 7.05 Å². The lowest BCUT2D eigenvalue weighted by Gasteiger charge is -2.10. The predicted octanol–water partition coefficient (Wildman–Crippen LogP) is 1.48. The number of nitrogens with zero attached hydrogens (tertiary/aromatic N) is 3. The Morgan fingerprint density at radius 1 is 1.31 bits per heavy atom. The third kappa shape index (κ3) is 2.46. The predicted molar refractivity (Wildman–Crippen MR) is 60.7 cm³/mol. The summed E-state index contributed by atoms with van der Waals surface area (Å²) in [6.45, 7) is 0. The summed E-state index contributed by atoms with van der Waals surface area (Å²) in [5.41, 5.74) is 0.907. The van der Waals surface area contributed by atoms with Gasteiger partial charge in [-0.05, 0) is 24.1 Å². The fourth-order valence-corrected chi connectivity index (χ4v) is 1.66. The molecular weight excluding hydrogens is 202 g/mol. The summed E-state index contributed by atoms with van der Waals surface area (Å²) >= 11 is 0. The van der Waals surface area contributed by atoms with Crippen LogP contribution in [0.15, 0.2) is 36.9 Å². The third-order valence-corrected chi connectivity index (χ3v) is 2.65. The fraction of sp³-hybridized carbons (Fsp3) is 0.333. The van der Waals surface area contributed by atoms with E-state index in [2.05, 4.69) is 9.97 Å². The molecule has 1 atom stereocenters. The van der Waals surface area contributed by atoms with Gasteiger partial charge in [0.2, 0.25) is 0 Å². The molecule has 0 spiro atoms. The van der Waals surface area contributed by atoms with Crippen molar-refractivity contribution < 1.29 is 5.11 Å². The Kier molecular flexibility index (Phi) is 3.31. The summed E-state index contributed by atoms with van der Waals surface area (Å²) in [6.07, 6.45) is 8.07. The van der Waals surface area contributed by atoms with E-state index in [0.29, 0.717) is 6.42 Å². The van der Waals surface area contributed by atoms with Gasteiger partial charge in [-0.1, -0.05) is 0 Å². The maximum atomic E-state index is 9.95. The molecule has 2 aromatic rings. The van der Waals surface area contributed by atoms with Crippen molar-refractivity contribution >= 4 is 0 Å². The molecule has 0 bridgehead atoms. The summed E-state index contributed by atoms with van der Waals surface area (Å²) in [5, 5.41) is 9.95. The van der Waals surface area contributed by atoms with Gasteiger partial charge in [0.15, 0.2) is 0 Å². The number of aliphatic hydroxyl groups excluding tert-OH is 1. The minimum atomic E-state index is -0.445. The number of rotatable bonds is 4. The summed E-state index contributed by atoms with van der Waals surface area (Å²) in [7, 11) is 1.96. The number of hydrogen-bond acceptors (Lipinski definition) is 3. The lowest BCUT2D eigenvalue weighted by molar-refractivity contribution is 0.166. The Labute approximate surface area is 94.6 Å². The van der Waals surface area contributed by atoms with Crippen molar-refractivity contribution in [3.05, 3.63) is 48.3 Å². The van der Waals surface area contributed by atoms with Crippen LogP contribution in [0.2, 0.25) is 0 Å². The molecular formula is C12H15N3O. The van der Waals surface area contributed by atoms with Crippen LogP contribution in [0.4, 0.5) is 0 Å². The monoisotopic (exact) mass is 217 g/mol. The summed E-state index contributed by atoms with van der Waals surface area (Å²) in [5.74, 6) is 0.994. The molecule has 84 valence electrons. The van der Waals surface area contributed by atoms with Crippen LogP contribution in [0, 0.1) is 0 Å². The van der Waals surface area contributed by atoms with Crippen molar-refractivity contribution in [3.8, 4) is 0 Å². The van der Waals surface area contributed by atoms with E-state index < -0.39 is 6.10 Å². The minimum Gasteiger partial charge on any atom is -0.388 e. The Hall–Kier alpha value is -1.68. The van der Waals surface area contributed by atoms with Crippen molar-refractivity contribution in [2.75, 3.05) is 0 Å². The first kappa shape index (κ1) is 10.8. The van der Waals surface area contributed by atoms with E-state index in [0.717, 1.165) is 17.8 Å². The van der Waals surface area contributed by atoms with Gasteiger partial charge in [-0.2, -0.15) is 0 Å². The average Bonchev–Trinajstić information content (AvgIpc) is 2.73. The average molecular weight is 217 g/mol. The Bertz CT molecular complexity index is 439. The molecule has 0 amide bonds. The van der Waals surface area contributed by atoms with Crippen LogP contribution in [-0.2, 0) is 13.5 Å². The standard InChI is InChI=1S/C12H15N3O/c1-15-9-8-14-12(15)3-2-11(16)10-4-6-13-7-5-10/h4-9,11,16H,2-3H2,1H3. The summed E-state index contributed by atoms with van der Waals surface area (Å²) in [6, 6.07) is 3.67. The van der Waals surface area contributed by atoms with Crippen molar-refractivity contribution in [1.82, 2.24) is 14.5 Å². The second-order valence-electron chi connectivity index (χ2n) is 3.79. The summed E-state index contributed by atoms with van der Waals surface area (Å²) in [4.78, 5) is 8.15. The Balaban J connectivity index is 1.94. The molecule has 1 N–H and O–H groups in total. The second-order valence-corrected chi connectivity index (χ2v) is 3.79. The maximum absolute atomic E-state index is 9.95. The molecule has 2 aromatic heterocycles. The van der Waals surface area contributed by atoms with E-state index in [9.17, 15) is 5.11 Å². The van der Waals surface area contributed by atoms with Crippen molar-refractivity contribution in [3.63, 3.8) is 0 Å². The lowest BCUT2D eigenvalue weighted by atomic mass is 10.1. The molecule has 2 rings (SSSR count). The fourth-order valence-electron chi connectivity index (χ4n) is 1.66. The molecule has 0 aliphatic heterocycles. The molecule has 4 nitrogen and oxygen atoms in total. The normalized spacial score (nSPS) is 12.6. The quantitative estimate of drug-likeness (QED) is 0.844. The molecule has 2 heterocycles. The highest BCUT2D eigenvalue weighted by atomic mass is 16.3. The van der Waals surface area contributed by atoms with Gasteiger partial charge in [0.1, 0.15) is 5.82 Å². The number of imidazole rings is 1. The highest BCUT2D eigenvalue weighted by Gasteiger charge is 2.08. The van der Waals surface area contributed by atoms with Crippen LogP contribution in [-0.4, -0.2) is 19.6 Å². The first-order valence-corrected chi connectivity index (χ1v) is 5.31. The summed E-state index contributed by atoms with van der Waals surface area (Å²) < 4.78 is 1.97. The zero-order chi connectivity index (χ0) is 11.4. The SMILES string of the molecule is Cn1ccnc1CCC(O)c1ccncc1. The van der Waals surface area contributed by atoms with Crippen molar-refractivity contribution in [1.29, 1.82) is 0 Å². The van der Waals surface area contributed by atoms with Gasteiger partial charge in [0, 0.05) is 38.3 Å². The molecule has 4 heteroatoms. The number of aryl methyl sites for hydroxylation is 2. The Morgan fingerprint density at radius 3 is 2.69 bits per heavy atom. The van der Waals surface area contributed by atoms with Crippen LogP contribution in [0.25, 0.3) is 0 Å². The second kappa shape index (κ2) is 4.90. The first-order valence-electron chi connectivity index (χ1n) is 5.31. The highest BCUT2D eigenvalue weighted by Crippen LogP contribution is 2.17. The van der Waals surface area contributed by atoms with E-state index in [-0.39, 0.29) is 0 Å². The zero-order valence-electron chi connectivity index (χ0n) is 9.24. The minimum absolute atomic E-state index is 0.445. The topological polar surface area (TPSA) is 50.9 Å². The van der Waals surface area contributed by atoms with Crippen LogP contribution >= 0.6 is 0 Å². The van der Waals surface area contributed by atoms with E-state index in [1.165, 1.54) is 0 Å². The Morgan fingerprint density at radius 2 is 2.06 bits per heavy atom. The van der Waals surface area contributed by atoms with Gasteiger partial charge in [-0.15, -0.1) is 0 Å². The van der Waals surface area contributed by atoms with Gasteiger partial charge in [0.05, 0.1) is 6.10 Å². The molecule has 0 aromatic carbocycles. The lowest BCUT2D eigenvalue weighted by Crippen LogP contribution is -2.03. The van der Waals surface area contributed by atoms with Gasteiger partial charge in [0.25, 0.3) is 0 Å². The molecule has 0 saturated heterocycles. The number of hydrogen-bond donors (Lipinski definition) is 1. The van der Waals surface area contributed by atoms with Gasteiger partial charge < -0.3 is 9.67 Å². The van der Waals surface area contributed by atoms with Crippen LogP contribution < -0.4 is 0 Å². The van der Waals surface area contributed by atoms with Gasteiger partial charge in [-0.25, -0.2) is 4.98 Å². The highest BCUT2D eigenvalue weighted by molar-refractivity contribution is 5.13. The number of aromatic nitrogens is 3. The van der Waals surface area contributed by atoms with Crippen LogP contribution in [0.3, 0.4) is 0 Å². The third-order valence-electron chi connectivity index (χ3n) is 2.65. The van der Waals surface area contributed by atoms with E-state index in [1.807, 2.05) is 29.9 Å². The molecule has 0 aliphatic carbocycles. The largest absolute Gasteiger partial charge is 0.388 e. The molecule has 0 saturated carbocycles. The smallest absolute Gasteiger partial charge is 0.108 e. The zero-order valence-corrected chi connectivity index (χ0v) is 9.24. The van der Waals surface area contributed by atoms with Crippen LogP contribution in [0.1, 0.15) is 23.9 Å². The molecule has 0 radical (unpaired) electrons. The maximum Gasteiger partial charge on any atom is 0.108 e.